The Labute approximate surface area is 122 Å². The molecule has 1 saturated heterocycles. The monoisotopic (exact) mass is 277 g/mol. The van der Waals surface area contributed by atoms with E-state index in [1.807, 2.05) is 12.3 Å². The van der Waals surface area contributed by atoms with Gasteiger partial charge in [0.2, 0.25) is 0 Å². The fraction of sp³-hybridized carbons (Fsp3) is 0.667. The average Bonchev–Trinajstić information content (AvgIpc) is 2.49. The van der Waals surface area contributed by atoms with Gasteiger partial charge in [0, 0.05) is 45.5 Å². The van der Waals surface area contributed by atoms with Crippen molar-refractivity contribution >= 4 is 11.4 Å². The van der Waals surface area contributed by atoms with Crippen molar-refractivity contribution in [3.8, 4) is 0 Å². The fourth-order valence-corrected chi connectivity index (χ4v) is 2.72. The van der Waals surface area contributed by atoms with Gasteiger partial charge in [-0.25, -0.2) is 0 Å². The Hall–Kier alpha value is -1.33. The lowest BCUT2D eigenvalue weighted by Crippen LogP contribution is -2.48. The largest absolute Gasteiger partial charge is 0.396 e. The molecule has 2 rings (SSSR count). The van der Waals surface area contributed by atoms with Gasteiger partial charge in [-0.15, -0.1) is 0 Å². The van der Waals surface area contributed by atoms with E-state index in [1.165, 1.54) is 13.1 Å². The summed E-state index contributed by atoms with van der Waals surface area (Å²) in [4.78, 5) is 11.4. The quantitative estimate of drug-likeness (QED) is 0.844. The van der Waals surface area contributed by atoms with Crippen molar-refractivity contribution in [1.29, 1.82) is 0 Å². The third-order valence-corrected chi connectivity index (χ3v) is 4.17. The predicted molar refractivity (Wildman–Crippen MR) is 85.1 cm³/mol. The summed E-state index contributed by atoms with van der Waals surface area (Å²) >= 11 is 0. The minimum absolute atomic E-state index is 0.782. The Balaban J connectivity index is 1.79. The van der Waals surface area contributed by atoms with E-state index < -0.39 is 0 Å². The van der Waals surface area contributed by atoms with Crippen LogP contribution in [0.2, 0.25) is 0 Å². The van der Waals surface area contributed by atoms with Gasteiger partial charge in [0.25, 0.3) is 0 Å². The van der Waals surface area contributed by atoms with Crippen LogP contribution < -0.4 is 10.6 Å². The first-order chi connectivity index (χ1) is 9.74. The van der Waals surface area contributed by atoms with Crippen LogP contribution in [0, 0.1) is 0 Å². The second-order valence-electron chi connectivity index (χ2n) is 5.29. The molecule has 5 nitrogen and oxygen atoms in total. The van der Waals surface area contributed by atoms with Gasteiger partial charge in [0.15, 0.2) is 0 Å². The lowest BCUT2D eigenvalue weighted by atomic mass is 10.2. The zero-order valence-corrected chi connectivity index (χ0v) is 12.8. The van der Waals surface area contributed by atoms with E-state index in [1.54, 1.807) is 6.20 Å². The Morgan fingerprint density at radius 2 is 1.90 bits per heavy atom. The van der Waals surface area contributed by atoms with Crippen molar-refractivity contribution in [2.45, 2.75) is 13.8 Å². The number of nitrogens with two attached hydrogens (primary N) is 1. The van der Waals surface area contributed by atoms with E-state index >= 15 is 0 Å². The standard InChI is InChI=1S/C15H27N5/c1-3-18(4-2)7-8-19-9-11-20(12-10-19)15-5-6-17-13-14(15)16/h5-6,13H,3-4,7-12,16H2,1-2H3. The Morgan fingerprint density at radius 3 is 2.50 bits per heavy atom. The summed E-state index contributed by atoms with van der Waals surface area (Å²) in [6.45, 7) is 13.4. The van der Waals surface area contributed by atoms with Crippen LogP contribution in [0.5, 0.6) is 0 Å². The molecule has 0 unspecified atom stereocenters. The number of nitrogen functional groups attached to an aromatic ring is 1. The van der Waals surface area contributed by atoms with Crippen LogP contribution >= 0.6 is 0 Å². The van der Waals surface area contributed by atoms with Crippen LogP contribution in [0.3, 0.4) is 0 Å². The number of anilines is 2. The van der Waals surface area contributed by atoms with Crippen molar-refractivity contribution in [2.24, 2.45) is 0 Å². The van der Waals surface area contributed by atoms with Gasteiger partial charge in [0.1, 0.15) is 0 Å². The smallest absolute Gasteiger partial charge is 0.0738 e. The van der Waals surface area contributed by atoms with Gasteiger partial charge >= 0.3 is 0 Å². The molecule has 1 aliphatic rings. The number of piperazine rings is 1. The van der Waals surface area contributed by atoms with E-state index in [4.69, 9.17) is 5.73 Å². The summed E-state index contributed by atoms with van der Waals surface area (Å²) < 4.78 is 0. The number of aromatic nitrogens is 1. The van der Waals surface area contributed by atoms with E-state index in [-0.39, 0.29) is 0 Å². The zero-order chi connectivity index (χ0) is 14.4. The van der Waals surface area contributed by atoms with Gasteiger partial charge < -0.3 is 15.5 Å². The maximum atomic E-state index is 6.00. The normalized spacial score (nSPS) is 16.9. The number of likely N-dealkylation sites (N-methyl/N-ethyl adjacent to an activating group) is 1. The summed E-state index contributed by atoms with van der Waals surface area (Å²) in [6, 6.07) is 2.01. The van der Waals surface area contributed by atoms with Gasteiger partial charge in [-0.1, -0.05) is 13.8 Å². The van der Waals surface area contributed by atoms with Crippen molar-refractivity contribution in [3.05, 3.63) is 18.5 Å². The Bertz CT molecular complexity index is 397. The highest BCUT2D eigenvalue weighted by atomic mass is 15.3. The highest BCUT2D eigenvalue weighted by Gasteiger charge is 2.18. The minimum atomic E-state index is 0.782. The van der Waals surface area contributed by atoms with Crippen LogP contribution in [0.25, 0.3) is 0 Å². The van der Waals surface area contributed by atoms with Crippen LogP contribution in [0.15, 0.2) is 18.5 Å². The summed E-state index contributed by atoms with van der Waals surface area (Å²) in [7, 11) is 0. The molecule has 20 heavy (non-hydrogen) atoms. The van der Waals surface area contributed by atoms with Crippen molar-refractivity contribution in [1.82, 2.24) is 14.8 Å². The molecule has 1 aromatic heterocycles. The molecular weight excluding hydrogens is 250 g/mol. The fourth-order valence-electron chi connectivity index (χ4n) is 2.72. The highest BCUT2D eigenvalue weighted by molar-refractivity contribution is 5.66. The molecule has 0 radical (unpaired) electrons. The van der Waals surface area contributed by atoms with Gasteiger partial charge in [-0.2, -0.15) is 0 Å². The number of hydrogen-bond acceptors (Lipinski definition) is 5. The molecule has 2 N–H and O–H groups in total. The number of pyridine rings is 1. The summed E-state index contributed by atoms with van der Waals surface area (Å²) in [6.07, 6.45) is 3.56. The molecule has 5 heteroatoms. The molecule has 0 aromatic carbocycles. The Morgan fingerprint density at radius 1 is 1.20 bits per heavy atom. The molecule has 1 fully saturated rings. The SMILES string of the molecule is CCN(CC)CCN1CCN(c2ccncc2N)CC1. The maximum Gasteiger partial charge on any atom is 0.0738 e. The lowest BCUT2D eigenvalue weighted by molar-refractivity contribution is 0.206. The van der Waals surface area contributed by atoms with Gasteiger partial charge in [-0.3, -0.25) is 9.88 Å². The van der Waals surface area contributed by atoms with Crippen molar-refractivity contribution < 1.29 is 0 Å². The van der Waals surface area contributed by atoms with Gasteiger partial charge in [-0.05, 0) is 19.2 Å². The molecular formula is C15H27N5. The zero-order valence-electron chi connectivity index (χ0n) is 12.8. The first-order valence-corrected chi connectivity index (χ1v) is 7.63. The third-order valence-electron chi connectivity index (χ3n) is 4.17. The van der Waals surface area contributed by atoms with E-state index in [0.29, 0.717) is 0 Å². The van der Waals surface area contributed by atoms with Gasteiger partial charge in [0.05, 0.1) is 17.6 Å². The van der Waals surface area contributed by atoms with E-state index in [2.05, 4.69) is 33.5 Å². The predicted octanol–water partition coefficient (Wildman–Crippen LogP) is 1.13. The summed E-state index contributed by atoms with van der Waals surface area (Å²) in [5.41, 5.74) is 7.91. The molecule has 1 aliphatic heterocycles. The third kappa shape index (κ3) is 3.84. The first kappa shape index (κ1) is 15.1. The van der Waals surface area contributed by atoms with Crippen LogP contribution in [-0.2, 0) is 0 Å². The average molecular weight is 277 g/mol. The number of nitrogens with zero attached hydrogens (tertiary/aromatic N) is 4. The molecule has 0 spiro atoms. The molecule has 1 aromatic rings. The molecule has 2 heterocycles. The van der Waals surface area contributed by atoms with Crippen LogP contribution in [-0.4, -0.2) is 67.1 Å². The molecule has 112 valence electrons. The molecule has 0 saturated carbocycles. The summed E-state index contributed by atoms with van der Waals surface area (Å²) in [5, 5.41) is 0. The molecule has 0 bridgehead atoms. The second kappa shape index (κ2) is 7.45. The summed E-state index contributed by atoms with van der Waals surface area (Å²) in [5.74, 6) is 0. The first-order valence-electron chi connectivity index (χ1n) is 7.63. The topological polar surface area (TPSA) is 48.6 Å². The molecule has 0 aliphatic carbocycles. The second-order valence-corrected chi connectivity index (χ2v) is 5.29. The number of rotatable bonds is 6. The Kier molecular flexibility index (Phi) is 5.61. The molecule has 0 amide bonds. The maximum absolute atomic E-state index is 6.00. The van der Waals surface area contributed by atoms with E-state index in [0.717, 1.165) is 50.6 Å². The number of hydrogen-bond donors (Lipinski definition) is 1. The lowest BCUT2D eigenvalue weighted by Gasteiger charge is -2.37. The van der Waals surface area contributed by atoms with Crippen LogP contribution in [0.4, 0.5) is 11.4 Å². The van der Waals surface area contributed by atoms with Crippen LogP contribution in [0.1, 0.15) is 13.8 Å². The van der Waals surface area contributed by atoms with Crippen molar-refractivity contribution in [3.63, 3.8) is 0 Å². The van der Waals surface area contributed by atoms with E-state index in [9.17, 15) is 0 Å². The molecule has 0 atom stereocenters. The minimum Gasteiger partial charge on any atom is -0.396 e. The highest BCUT2D eigenvalue weighted by Crippen LogP contribution is 2.22. The van der Waals surface area contributed by atoms with Crippen molar-refractivity contribution in [2.75, 3.05) is 63.0 Å².